The summed E-state index contributed by atoms with van der Waals surface area (Å²) in [6, 6.07) is 5.08. The van der Waals surface area contributed by atoms with Gasteiger partial charge in [-0.3, -0.25) is 24.1 Å². The van der Waals surface area contributed by atoms with E-state index < -0.39 is 18.5 Å². The molecule has 1 N–H and O–H groups in total. The van der Waals surface area contributed by atoms with E-state index in [1.165, 1.54) is 0 Å². The van der Waals surface area contributed by atoms with Gasteiger partial charge in [0, 0.05) is 17.3 Å². The minimum absolute atomic E-state index is 0.0292. The van der Waals surface area contributed by atoms with Crippen LogP contribution in [-0.4, -0.2) is 41.7 Å². The van der Waals surface area contributed by atoms with Gasteiger partial charge in [0.05, 0.1) is 18.3 Å². The molecule has 3 rings (SSSR count). The van der Waals surface area contributed by atoms with Crippen LogP contribution in [-0.2, 0) is 23.9 Å². The molecule has 0 saturated carbocycles. The number of carbonyl (C=O) groups excluding carboxylic acids is 4. The molecule has 148 valence electrons. The lowest BCUT2D eigenvalue weighted by molar-refractivity contribution is -0.148. The van der Waals surface area contributed by atoms with Gasteiger partial charge in [-0.15, -0.1) is 0 Å². The van der Waals surface area contributed by atoms with E-state index in [0.717, 1.165) is 10.5 Å². The summed E-state index contributed by atoms with van der Waals surface area (Å²) in [5.74, 6) is -2.25. The van der Waals surface area contributed by atoms with Crippen LogP contribution >= 0.6 is 11.6 Å². The summed E-state index contributed by atoms with van der Waals surface area (Å²) >= 11 is 5.90. The molecule has 0 aromatic heterocycles. The number of amides is 3. The number of rotatable bonds is 6. The van der Waals surface area contributed by atoms with Crippen molar-refractivity contribution in [1.29, 1.82) is 0 Å². The van der Waals surface area contributed by atoms with Gasteiger partial charge >= 0.3 is 5.97 Å². The minimum atomic E-state index is -0.647. The van der Waals surface area contributed by atoms with Gasteiger partial charge in [0.2, 0.25) is 11.8 Å². The lowest BCUT2D eigenvalue weighted by atomic mass is 9.85. The van der Waals surface area contributed by atoms with E-state index in [1.54, 1.807) is 18.2 Å². The SMILES string of the molecule is Cc1ccc(Cl)cc1NC(=O)COC(=O)CCN1C(=O)C2CC=CCC2C1=O. The Morgan fingerprint density at radius 1 is 1.18 bits per heavy atom. The molecule has 1 aliphatic carbocycles. The van der Waals surface area contributed by atoms with Crippen LogP contribution < -0.4 is 5.32 Å². The molecule has 0 bridgehead atoms. The number of hydrogen-bond donors (Lipinski definition) is 1. The number of nitrogens with zero attached hydrogens (tertiary/aromatic N) is 1. The zero-order valence-electron chi connectivity index (χ0n) is 15.4. The first-order valence-electron chi connectivity index (χ1n) is 9.08. The summed E-state index contributed by atoms with van der Waals surface area (Å²) in [4.78, 5) is 49.7. The molecule has 2 aliphatic rings. The number of carbonyl (C=O) groups is 4. The highest BCUT2D eigenvalue weighted by Crippen LogP contribution is 2.35. The second-order valence-electron chi connectivity index (χ2n) is 6.90. The second-order valence-corrected chi connectivity index (χ2v) is 7.34. The monoisotopic (exact) mass is 404 g/mol. The summed E-state index contributed by atoms with van der Waals surface area (Å²) in [5.41, 5.74) is 1.36. The third kappa shape index (κ3) is 4.42. The van der Waals surface area contributed by atoms with E-state index in [2.05, 4.69) is 5.32 Å². The van der Waals surface area contributed by atoms with Crippen LogP contribution in [0.3, 0.4) is 0 Å². The molecule has 1 fully saturated rings. The molecule has 0 spiro atoms. The van der Waals surface area contributed by atoms with Crippen molar-refractivity contribution in [2.75, 3.05) is 18.5 Å². The predicted octanol–water partition coefficient (Wildman–Crippen LogP) is 2.47. The summed E-state index contributed by atoms with van der Waals surface area (Å²) in [6.45, 7) is 1.33. The van der Waals surface area contributed by atoms with Crippen LogP contribution in [0.2, 0.25) is 5.02 Å². The Balaban J connectivity index is 1.45. The molecule has 1 saturated heterocycles. The van der Waals surface area contributed by atoms with E-state index in [-0.39, 0.29) is 36.6 Å². The number of likely N-dealkylation sites (tertiary alicyclic amines) is 1. The maximum atomic E-state index is 12.3. The molecule has 8 heteroatoms. The Morgan fingerprint density at radius 2 is 1.82 bits per heavy atom. The number of esters is 1. The summed E-state index contributed by atoms with van der Waals surface area (Å²) in [5, 5.41) is 3.11. The average Bonchev–Trinajstić information content (AvgIpc) is 2.92. The number of imide groups is 1. The molecule has 2 unspecified atom stereocenters. The zero-order valence-corrected chi connectivity index (χ0v) is 16.2. The molecular weight excluding hydrogens is 384 g/mol. The van der Waals surface area contributed by atoms with Crippen LogP contribution in [0.25, 0.3) is 0 Å². The Labute approximate surface area is 167 Å². The fourth-order valence-electron chi connectivity index (χ4n) is 3.43. The van der Waals surface area contributed by atoms with Crippen LogP contribution in [0, 0.1) is 18.8 Å². The number of hydrogen-bond acceptors (Lipinski definition) is 5. The number of allylic oxidation sites excluding steroid dienone is 2. The number of nitrogens with one attached hydrogen (secondary N) is 1. The fraction of sp³-hybridized carbons (Fsp3) is 0.400. The number of aryl methyl sites for hydroxylation is 1. The third-order valence-corrected chi connectivity index (χ3v) is 5.21. The second kappa shape index (κ2) is 8.56. The molecule has 1 aromatic carbocycles. The number of fused-ring (bicyclic) bond motifs is 1. The van der Waals surface area contributed by atoms with Crippen molar-refractivity contribution in [3.05, 3.63) is 40.9 Å². The molecule has 2 atom stereocenters. The first-order chi connectivity index (χ1) is 13.4. The Bertz CT molecular complexity index is 825. The van der Waals surface area contributed by atoms with Crippen molar-refractivity contribution in [3.8, 4) is 0 Å². The van der Waals surface area contributed by atoms with E-state index in [0.29, 0.717) is 23.6 Å². The molecule has 1 heterocycles. The van der Waals surface area contributed by atoms with Crippen LogP contribution in [0.1, 0.15) is 24.8 Å². The van der Waals surface area contributed by atoms with E-state index in [9.17, 15) is 19.2 Å². The quantitative estimate of drug-likeness (QED) is 0.446. The lowest BCUT2D eigenvalue weighted by Crippen LogP contribution is -2.33. The molecule has 28 heavy (non-hydrogen) atoms. The number of anilines is 1. The Hall–Kier alpha value is -2.67. The smallest absolute Gasteiger partial charge is 0.308 e. The molecular formula is C20H21ClN2O5. The third-order valence-electron chi connectivity index (χ3n) is 4.98. The number of halogens is 1. The zero-order chi connectivity index (χ0) is 20.3. The average molecular weight is 405 g/mol. The van der Waals surface area contributed by atoms with Gasteiger partial charge in [-0.05, 0) is 37.5 Å². The minimum Gasteiger partial charge on any atom is -0.456 e. The normalized spacial score (nSPS) is 20.9. The first-order valence-corrected chi connectivity index (χ1v) is 9.46. The number of benzene rings is 1. The van der Waals surface area contributed by atoms with Gasteiger partial charge in [-0.25, -0.2) is 0 Å². The van der Waals surface area contributed by atoms with Crippen molar-refractivity contribution >= 4 is 41.0 Å². The van der Waals surface area contributed by atoms with Crippen LogP contribution in [0.15, 0.2) is 30.4 Å². The van der Waals surface area contributed by atoms with Crippen molar-refractivity contribution in [2.45, 2.75) is 26.2 Å². The topological polar surface area (TPSA) is 92.8 Å². The van der Waals surface area contributed by atoms with E-state index >= 15 is 0 Å². The maximum Gasteiger partial charge on any atom is 0.308 e. The molecule has 7 nitrogen and oxygen atoms in total. The van der Waals surface area contributed by atoms with Crippen molar-refractivity contribution in [1.82, 2.24) is 4.90 Å². The fourth-order valence-corrected chi connectivity index (χ4v) is 3.60. The molecule has 0 radical (unpaired) electrons. The van der Waals surface area contributed by atoms with Gasteiger partial charge < -0.3 is 10.1 Å². The largest absolute Gasteiger partial charge is 0.456 e. The van der Waals surface area contributed by atoms with Gasteiger partial charge in [0.15, 0.2) is 6.61 Å². The van der Waals surface area contributed by atoms with Crippen LogP contribution in [0.5, 0.6) is 0 Å². The molecule has 1 aliphatic heterocycles. The molecule has 3 amide bonds. The highest BCUT2D eigenvalue weighted by molar-refractivity contribution is 6.31. The summed E-state index contributed by atoms with van der Waals surface area (Å²) < 4.78 is 4.95. The van der Waals surface area contributed by atoms with Crippen LogP contribution in [0.4, 0.5) is 5.69 Å². The van der Waals surface area contributed by atoms with Gasteiger partial charge in [0.1, 0.15) is 0 Å². The highest BCUT2D eigenvalue weighted by atomic mass is 35.5. The first kappa shape index (κ1) is 20.1. The lowest BCUT2D eigenvalue weighted by Gasteiger charge is -2.14. The Kier molecular flexibility index (Phi) is 6.14. The predicted molar refractivity (Wildman–Crippen MR) is 102 cm³/mol. The standard InChI is InChI=1S/C20H21ClN2O5/c1-12-6-7-13(21)10-16(12)22-17(24)11-28-18(25)8-9-23-19(26)14-4-2-3-5-15(14)20(23)27/h2-3,6-7,10,14-15H,4-5,8-9,11H2,1H3,(H,22,24). The highest BCUT2D eigenvalue weighted by Gasteiger charge is 2.46. The van der Waals surface area contributed by atoms with Crippen molar-refractivity contribution < 1.29 is 23.9 Å². The number of ether oxygens (including phenoxy) is 1. The van der Waals surface area contributed by atoms with E-state index in [1.807, 2.05) is 19.1 Å². The van der Waals surface area contributed by atoms with Gasteiger partial charge in [-0.1, -0.05) is 29.8 Å². The molecule has 1 aromatic rings. The summed E-state index contributed by atoms with van der Waals surface area (Å²) in [6.07, 6.45) is 4.78. The van der Waals surface area contributed by atoms with E-state index in [4.69, 9.17) is 16.3 Å². The summed E-state index contributed by atoms with van der Waals surface area (Å²) in [7, 11) is 0. The van der Waals surface area contributed by atoms with Gasteiger partial charge in [0.25, 0.3) is 5.91 Å². The maximum absolute atomic E-state index is 12.3. The van der Waals surface area contributed by atoms with Crippen molar-refractivity contribution in [2.24, 2.45) is 11.8 Å². The van der Waals surface area contributed by atoms with Gasteiger partial charge in [-0.2, -0.15) is 0 Å². The Morgan fingerprint density at radius 3 is 2.46 bits per heavy atom. The van der Waals surface area contributed by atoms with Crippen molar-refractivity contribution in [3.63, 3.8) is 0 Å².